The average Bonchev–Trinajstić information content (AvgIpc) is 3.42. The third-order valence-electron chi connectivity index (χ3n) is 6.06. The summed E-state index contributed by atoms with van der Waals surface area (Å²) in [4.78, 5) is 11.3. The summed E-state index contributed by atoms with van der Waals surface area (Å²) in [6.45, 7) is 3.65. The van der Waals surface area contributed by atoms with Crippen LogP contribution in [0, 0.1) is 0 Å². The number of nitrogens with one attached hydrogen (secondary N) is 1. The number of nitrogens with zero attached hydrogens (tertiary/aromatic N) is 4. The van der Waals surface area contributed by atoms with Gasteiger partial charge in [0.15, 0.2) is 0 Å². The molecule has 34 heavy (non-hydrogen) atoms. The molecule has 4 aromatic rings. The first-order chi connectivity index (χ1) is 16.8. The second-order valence-corrected chi connectivity index (χ2v) is 9.20. The molecule has 1 aliphatic rings. The molecule has 0 aliphatic carbocycles. The first kappa shape index (κ1) is 22.4. The van der Waals surface area contributed by atoms with Gasteiger partial charge in [0.05, 0.1) is 29.3 Å². The van der Waals surface area contributed by atoms with Crippen molar-refractivity contribution in [2.75, 3.05) is 17.7 Å². The Hall–Kier alpha value is -3.35. The highest BCUT2D eigenvalue weighted by Gasteiger charge is 2.22. The van der Waals surface area contributed by atoms with Crippen molar-refractivity contribution in [2.45, 2.75) is 31.1 Å². The van der Waals surface area contributed by atoms with Crippen molar-refractivity contribution in [3.05, 3.63) is 108 Å². The zero-order valence-electron chi connectivity index (χ0n) is 19.4. The van der Waals surface area contributed by atoms with Gasteiger partial charge in [-0.25, -0.2) is 9.97 Å². The van der Waals surface area contributed by atoms with Crippen molar-refractivity contribution in [3.8, 4) is 0 Å². The molecule has 0 spiro atoms. The molecule has 172 valence electrons. The molecule has 0 amide bonds. The molecule has 0 saturated carbocycles. The van der Waals surface area contributed by atoms with Gasteiger partial charge in [0, 0.05) is 31.2 Å². The number of imidazole rings is 1. The fraction of sp³-hybridized carbons (Fsp3) is 0.214. The van der Waals surface area contributed by atoms with E-state index in [2.05, 4.69) is 98.8 Å². The maximum absolute atomic E-state index is 4.87. The monoisotopic (exact) mass is 467 g/mol. The van der Waals surface area contributed by atoms with E-state index in [4.69, 9.17) is 4.98 Å². The third kappa shape index (κ3) is 5.24. The lowest BCUT2D eigenvalue weighted by atomic mass is 10.00. The van der Waals surface area contributed by atoms with Crippen molar-refractivity contribution >= 4 is 29.2 Å². The number of rotatable bonds is 9. The molecular weight excluding hydrogens is 438 g/mol. The largest absolute Gasteiger partial charge is 0.337 e. The van der Waals surface area contributed by atoms with Crippen LogP contribution in [0.4, 0.5) is 5.69 Å². The van der Waals surface area contributed by atoms with Gasteiger partial charge < -0.3 is 14.8 Å². The molecule has 2 aromatic heterocycles. The maximum atomic E-state index is 4.87. The maximum Gasteiger partial charge on any atom is 0.0964 e. The normalized spacial score (nSPS) is 13.0. The molecule has 5 rings (SSSR count). The summed E-state index contributed by atoms with van der Waals surface area (Å²) in [7, 11) is 0. The molecule has 0 fully saturated rings. The second-order valence-electron chi connectivity index (χ2n) is 8.38. The predicted molar refractivity (Wildman–Crippen MR) is 142 cm³/mol. The SMILES string of the molecule is CSc1ccc2c(n1)C=C(c1ccc(CNCCCn3ccnc3)cc1)N(c1ccccc1)C2. The lowest BCUT2D eigenvalue weighted by molar-refractivity contribution is 0.581. The fourth-order valence-corrected chi connectivity index (χ4v) is 4.62. The van der Waals surface area contributed by atoms with E-state index in [-0.39, 0.29) is 0 Å². The van der Waals surface area contributed by atoms with E-state index in [1.807, 2.05) is 18.7 Å². The van der Waals surface area contributed by atoms with Crippen LogP contribution in [0.25, 0.3) is 11.8 Å². The van der Waals surface area contributed by atoms with Gasteiger partial charge in [0.25, 0.3) is 0 Å². The van der Waals surface area contributed by atoms with Crippen LogP contribution in [0.15, 0.2) is 90.5 Å². The molecule has 6 heteroatoms. The van der Waals surface area contributed by atoms with Gasteiger partial charge in [-0.3, -0.25) is 0 Å². The van der Waals surface area contributed by atoms with Gasteiger partial charge in [-0.15, -0.1) is 11.8 Å². The summed E-state index contributed by atoms with van der Waals surface area (Å²) in [5.41, 5.74) is 7.19. The molecule has 2 aromatic carbocycles. The summed E-state index contributed by atoms with van der Waals surface area (Å²) in [6, 6.07) is 23.8. The molecule has 3 heterocycles. The number of benzene rings is 2. The smallest absolute Gasteiger partial charge is 0.0964 e. The summed E-state index contributed by atoms with van der Waals surface area (Å²) in [5, 5.41) is 4.61. The van der Waals surface area contributed by atoms with Crippen molar-refractivity contribution in [3.63, 3.8) is 0 Å². The Balaban J connectivity index is 1.31. The number of hydrogen-bond donors (Lipinski definition) is 1. The molecule has 0 radical (unpaired) electrons. The number of fused-ring (bicyclic) bond motifs is 1. The van der Waals surface area contributed by atoms with Crippen LogP contribution in [-0.2, 0) is 19.6 Å². The minimum absolute atomic E-state index is 0.813. The Bertz CT molecular complexity index is 1230. The molecule has 0 bridgehead atoms. The van der Waals surface area contributed by atoms with Gasteiger partial charge in [-0.2, -0.15) is 0 Å². The summed E-state index contributed by atoms with van der Waals surface area (Å²) >= 11 is 1.68. The summed E-state index contributed by atoms with van der Waals surface area (Å²) in [5.74, 6) is 0. The molecule has 0 saturated heterocycles. The molecular formula is C28H29N5S. The van der Waals surface area contributed by atoms with Crippen molar-refractivity contribution in [1.82, 2.24) is 19.9 Å². The Morgan fingerprint density at radius 2 is 1.85 bits per heavy atom. The number of aromatic nitrogens is 3. The van der Waals surface area contributed by atoms with Crippen LogP contribution < -0.4 is 10.2 Å². The zero-order chi connectivity index (χ0) is 23.2. The quantitative estimate of drug-likeness (QED) is 0.253. The van der Waals surface area contributed by atoms with E-state index in [0.717, 1.165) is 43.3 Å². The van der Waals surface area contributed by atoms with Crippen LogP contribution in [0.5, 0.6) is 0 Å². The van der Waals surface area contributed by atoms with Crippen molar-refractivity contribution < 1.29 is 0 Å². The average molecular weight is 468 g/mol. The van der Waals surface area contributed by atoms with Crippen LogP contribution in [0.1, 0.15) is 28.8 Å². The van der Waals surface area contributed by atoms with Gasteiger partial charge in [-0.1, -0.05) is 48.5 Å². The lowest BCUT2D eigenvalue weighted by Gasteiger charge is -2.32. The molecule has 1 aliphatic heterocycles. The zero-order valence-corrected chi connectivity index (χ0v) is 20.2. The number of para-hydroxylation sites is 1. The number of hydrogen-bond acceptors (Lipinski definition) is 5. The van der Waals surface area contributed by atoms with E-state index >= 15 is 0 Å². The Morgan fingerprint density at radius 1 is 1.00 bits per heavy atom. The van der Waals surface area contributed by atoms with E-state index in [9.17, 15) is 0 Å². The molecule has 0 unspecified atom stereocenters. The Labute approximate surface area is 205 Å². The van der Waals surface area contributed by atoms with Crippen LogP contribution >= 0.6 is 11.8 Å². The highest BCUT2D eigenvalue weighted by molar-refractivity contribution is 7.98. The molecule has 1 N–H and O–H groups in total. The summed E-state index contributed by atoms with van der Waals surface area (Å²) < 4.78 is 2.11. The first-order valence-corrected chi connectivity index (χ1v) is 12.9. The standard InChI is InChI=1S/C28H29N5S/c1-34-28-13-12-24-20-33(25-6-3-2-4-7-25)27(18-26(24)31-28)23-10-8-22(9-11-23)19-29-14-5-16-32-17-15-30-21-32/h2-4,6-13,15,17-18,21,29H,5,14,16,19-20H2,1H3. The fourth-order valence-electron chi connectivity index (χ4n) is 4.23. The number of thioether (sulfide) groups is 1. The van der Waals surface area contributed by atoms with E-state index < -0.39 is 0 Å². The van der Waals surface area contributed by atoms with E-state index in [0.29, 0.717) is 0 Å². The third-order valence-corrected chi connectivity index (χ3v) is 6.71. The highest BCUT2D eigenvalue weighted by atomic mass is 32.2. The first-order valence-electron chi connectivity index (χ1n) is 11.6. The van der Waals surface area contributed by atoms with Crippen molar-refractivity contribution in [1.29, 1.82) is 0 Å². The van der Waals surface area contributed by atoms with E-state index in [1.165, 1.54) is 28.1 Å². The highest BCUT2D eigenvalue weighted by Crippen LogP contribution is 2.35. The van der Waals surface area contributed by atoms with Crippen molar-refractivity contribution in [2.24, 2.45) is 0 Å². The van der Waals surface area contributed by atoms with Gasteiger partial charge in [0.1, 0.15) is 0 Å². The minimum Gasteiger partial charge on any atom is -0.337 e. The van der Waals surface area contributed by atoms with Crippen LogP contribution in [0.2, 0.25) is 0 Å². The van der Waals surface area contributed by atoms with Gasteiger partial charge >= 0.3 is 0 Å². The van der Waals surface area contributed by atoms with E-state index in [1.54, 1.807) is 11.8 Å². The van der Waals surface area contributed by atoms with Gasteiger partial charge in [0.2, 0.25) is 0 Å². The topological polar surface area (TPSA) is 46.0 Å². The number of pyridine rings is 1. The molecule has 0 atom stereocenters. The van der Waals surface area contributed by atoms with Crippen LogP contribution in [-0.4, -0.2) is 27.3 Å². The molecule has 5 nitrogen and oxygen atoms in total. The second kappa shape index (κ2) is 10.7. The van der Waals surface area contributed by atoms with Crippen LogP contribution in [0.3, 0.4) is 0 Å². The number of aryl methyl sites for hydroxylation is 1. The lowest BCUT2D eigenvalue weighted by Crippen LogP contribution is -2.25. The van der Waals surface area contributed by atoms with Gasteiger partial charge in [-0.05, 0) is 60.2 Å². The Morgan fingerprint density at radius 3 is 2.62 bits per heavy atom. The summed E-state index contributed by atoms with van der Waals surface area (Å²) in [6.07, 6.45) is 11.1. The number of anilines is 1. The minimum atomic E-state index is 0.813. The Kier molecular flexibility index (Phi) is 7.08. The predicted octanol–water partition coefficient (Wildman–Crippen LogP) is 5.70.